The highest BCUT2D eigenvalue weighted by Crippen LogP contribution is 2.33. The first-order valence-electron chi connectivity index (χ1n) is 7.44. The Labute approximate surface area is 152 Å². The van der Waals surface area contributed by atoms with Gasteiger partial charge in [0, 0.05) is 11.1 Å². The van der Waals surface area contributed by atoms with E-state index in [1.54, 1.807) is 29.5 Å². The molecule has 0 aromatic carbocycles. The van der Waals surface area contributed by atoms with Crippen molar-refractivity contribution in [2.75, 3.05) is 0 Å². The highest BCUT2D eigenvalue weighted by Gasteiger charge is 2.33. The first kappa shape index (κ1) is 16.0. The molecule has 8 heteroatoms. The summed E-state index contributed by atoms with van der Waals surface area (Å²) in [5, 5.41) is 9.51. The van der Waals surface area contributed by atoms with E-state index in [4.69, 9.17) is 14.2 Å². The molecule has 0 spiro atoms. The highest BCUT2D eigenvalue weighted by atomic mass is 32.2. The van der Waals surface area contributed by atoms with Crippen molar-refractivity contribution in [1.29, 1.82) is 5.41 Å². The molecule has 0 bridgehead atoms. The molecular weight excluding hydrogens is 358 g/mol. The minimum Gasteiger partial charge on any atom is -0.468 e. The van der Waals surface area contributed by atoms with Crippen LogP contribution in [-0.2, 0) is 10.5 Å². The van der Waals surface area contributed by atoms with Crippen LogP contribution < -0.4 is 0 Å². The van der Waals surface area contributed by atoms with Crippen molar-refractivity contribution in [1.82, 2.24) is 4.90 Å². The van der Waals surface area contributed by atoms with Gasteiger partial charge >= 0.3 is 0 Å². The fraction of sp³-hybridized carbons (Fsp3) is 0.118. The Kier molecular flexibility index (Phi) is 4.14. The molecule has 2 aliphatic rings. The van der Waals surface area contributed by atoms with Gasteiger partial charge in [0.15, 0.2) is 10.3 Å². The quantitative estimate of drug-likeness (QED) is 0.636. The molecule has 126 valence electrons. The van der Waals surface area contributed by atoms with Crippen LogP contribution in [0, 0.1) is 5.41 Å². The third-order valence-electron chi connectivity index (χ3n) is 3.52. The van der Waals surface area contributed by atoms with Crippen LogP contribution in [0.25, 0.3) is 6.08 Å². The van der Waals surface area contributed by atoms with Crippen LogP contribution >= 0.6 is 23.5 Å². The number of hydrogen-bond acceptors (Lipinski definition) is 6. The van der Waals surface area contributed by atoms with Crippen molar-refractivity contribution >= 4 is 46.5 Å². The summed E-state index contributed by atoms with van der Waals surface area (Å²) in [7, 11) is 0. The number of rotatable bonds is 4. The van der Waals surface area contributed by atoms with Crippen LogP contribution in [0.2, 0.25) is 0 Å². The normalized spacial score (nSPS) is 18.6. The van der Waals surface area contributed by atoms with Crippen molar-refractivity contribution in [3.8, 4) is 0 Å². The van der Waals surface area contributed by atoms with Crippen LogP contribution in [0.15, 0.2) is 66.1 Å². The lowest BCUT2D eigenvalue weighted by Gasteiger charge is -2.21. The number of amides is 1. The zero-order valence-corrected chi connectivity index (χ0v) is 14.8. The number of nitrogens with zero attached hydrogens (tertiary/aromatic N) is 2. The molecule has 0 radical (unpaired) electrons. The molecule has 0 aliphatic carbocycles. The van der Waals surface area contributed by atoms with Gasteiger partial charge in [-0.25, -0.2) is 0 Å². The van der Waals surface area contributed by atoms with Crippen LogP contribution in [0.3, 0.4) is 0 Å². The molecule has 25 heavy (non-hydrogen) atoms. The monoisotopic (exact) mass is 371 g/mol. The molecule has 2 aliphatic heterocycles. The van der Waals surface area contributed by atoms with Crippen molar-refractivity contribution < 1.29 is 13.6 Å². The Hall–Kier alpha value is -2.45. The Morgan fingerprint density at radius 2 is 2.28 bits per heavy atom. The van der Waals surface area contributed by atoms with Gasteiger partial charge in [0.05, 0.1) is 17.6 Å². The molecule has 0 saturated heterocycles. The van der Waals surface area contributed by atoms with Gasteiger partial charge in [-0.2, -0.15) is 4.99 Å². The summed E-state index contributed by atoms with van der Waals surface area (Å²) in [5.41, 5.74) is 0.215. The number of aliphatic imine (C=N–C) groups is 1. The predicted octanol–water partition coefficient (Wildman–Crippen LogP) is 4.33. The molecule has 0 saturated carbocycles. The minimum atomic E-state index is -0.423. The van der Waals surface area contributed by atoms with Gasteiger partial charge in [0.2, 0.25) is 0 Å². The van der Waals surface area contributed by atoms with Gasteiger partial charge in [-0.3, -0.25) is 15.1 Å². The van der Waals surface area contributed by atoms with E-state index < -0.39 is 5.91 Å². The molecule has 1 amide bonds. The second-order valence-corrected chi connectivity index (χ2v) is 7.54. The van der Waals surface area contributed by atoms with E-state index in [-0.39, 0.29) is 11.4 Å². The van der Waals surface area contributed by atoms with E-state index in [1.807, 2.05) is 25.1 Å². The third-order valence-corrected chi connectivity index (χ3v) is 5.35. The van der Waals surface area contributed by atoms with E-state index in [2.05, 4.69) is 4.99 Å². The zero-order valence-electron chi connectivity index (χ0n) is 13.2. The van der Waals surface area contributed by atoms with Gasteiger partial charge < -0.3 is 8.83 Å². The molecule has 4 rings (SSSR count). The molecular formula is C17H13N3O3S2. The molecule has 0 unspecified atom stereocenters. The summed E-state index contributed by atoms with van der Waals surface area (Å²) in [6.45, 7) is 1.92. The van der Waals surface area contributed by atoms with E-state index >= 15 is 0 Å². The first-order chi connectivity index (χ1) is 12.1. The summed E-state index contributed by atoms with van der Waals surface area (Å²) in [6, 6.07) is 7.36. The Balaban J connectivity index is 1.53. The minimum absolute atomic E-state index is 0.112. The molecule has 6 nitrogen and oxygen atoms in total. The first-order valence-corrected chi connectivity index (χ1v) is 9.24. The van der Waals surface area contributed by atoms with Gasteiger partial charge in [0.1, 0.15) is 17.4 Å². The maximum atomic E-state index is 12.2. The maximum Gasteiger partial charge on any atom is 0.283 e. The van der Waals surface area contributed by atoms with Crippen molar-refractivity contribution in [2.45, 2.75) is 17.8 Å². The Morgan fingerprint density at radius 1 is 1.40 bits per heavy atom. The van der Waals surface area contributed by atoms with Crippen molar-refractivity contribution in [3.63, 3.8) is 0 Å². The van der Waals surface area contributed by atoms with E-state index in [9.17, 15) is 4.79 Å². The highest BCUT2D eigenvalue weighted by molar-refractivity contribution is 8.17. The maximum absolute atomic E-state index is 12.2. The number of nitrogens with one attached hydrogen (secondary N) is 1. The average Bonchev–Trinajstić information content (AvgIpc) is 3.30. The lowest BCUT2D eigenvalue weighted by molar-refractivity contribution is -0.114. The SMILES string of the molecule is CC1=CN2C(=N)/C(=C/c3ccc(SCc4ccco4)o3)C(=O)N=C2S1. The molecule has 0 atom stereocenters. The lowest BCUT2D eigenvalue weighted by atomic mass is 10.1. The summed E-state index contributed by atoms with van der Waals surface area (Å²) < 4.78 is 11.0. The van der Waals surface area contributed by atoms with E-state index in [0.29, 0.717) is 16.7 Å². The van der Waals surface area contributed by atoms with E-state index in [0.717, 1.165) is 15.8 Å². The lowest BCUT2D eigenvalue weighted by Crippen LogP contribution is -2.35. The molecule has 1 N–H and O–H groups in total. The zero-order chi connectivity index (χ0) is 17.4. The third kappa shape index (κ3) is 3.22. The fourth-order valence-corrected chi connectivity index (χ4v) is 3.96. The number of hydrogen-bond donors (Lipinski definition) is 1. The number of furan rings is 2. The molecule has 2 aromatic rings. The number of carbonyl (C=O) groups excluding carboxylic acids is 1. The van der Waals surface area contributed by atoms with Crippen molar-refractivity contribution in [2.24, 2.45) is 4.99 Å². The topological polar surface area (TPSA) is 82.8 Å². The second kappa shape index (κ2) is 6.45. The molecule has 2 aromatic heterocycles. The second-order valence-electron chi connectivity index (χ2n) is 5.34. The van der Waals surface area contributed by atoms with E-state index in [1.165, 1.54) is 23.5 Å². The summed E-state index contributed by atoms with van der Waals surface area (Å²) in [5.74, 6) is 1.73. The smallest absolute Gasteiger partial charge is 0.283 e. The van der Waals surface area contributed by atoms with Gasteiger partial charge in [-0.1, -0.05) is 23.5 Å². The average molecular weight is 371 g/mol. The Bertz CT molecular complexity index is 938. The largest absolute Gasteiger partial charge is 0.468 e. The number of fused-ring (bicyclic) bond motifs is 1. The molecule has 0 fully saturated rings. The standard InChI is InChI=1S/C17H13N3O3S2/c1-10-8-20-15(18)13(16(21)19-17(20)25-10)7-11-4-5-14(23-11)24-9-12-3-2-6-22-12/h2-8,18H,9H2,1H3/b13-7-,18-15?. The van der Waals surface area contributed by atoms with Gasteiger partial charge in [0.25, 0.3) is 5.91 Å². The fourth-order valence-electron chi connectivity index (χ4n) is 2.37. The van der Waals surface area contributed by atoms with Crippen molar-refractivity contribution in [3.05, 3.63) is 58.7 Å². The number of allylic oxidation sites excluding steroid dienone is 1. The van der Waals surface area contributed by atoms with Crippen LogP contribution in [0.4, 0.5) is 0 Å². The summed E-state index contributed by atoms with van der Waals surface area (Å²) >= 11 is 2.89. The molecule has 4 heterocycles. The summed E-state index contributed by atoms with van der Waals surface area (Å²) in [4.78, 5) is 18.9. The predicted molar refractivity (Wildman–Crippen MR) is 98.3 cm³/mol. The number of amidine groups is 2. The van der Waals surface area contributed by atoms with Crippen LogP contribution in [0.5, 0.6) is 0 Å². The summed E-state index contributed by atoms with van der Waals surface area (Å²) in [6.07, 6.45) is 5.00. The van der Waals surface area contributed by atoms with Gasteiger partial charge in [-0.15, -0.1) is 0 Å². The number of thioether (sulfide) groups is 2. The van der Waals surface area contributed by atoms with Crippen LogP contribution in [-0.4, -0.2) is 21.8 Å². The van der Waals surface area contributed by atoms with Crippen LogP contribution in [0.1, 0.15) is 18.4 Å². The number of carbonyl (C=O) groups is 1. The Morgan fingerprint density at radius 3 is 3.08 bits per heavy atom. The van der Waals surface area contributed by atoms with Gasteiger partial charge in [-0.05, 0) is 37.3 Å².